The number of aryl methyl sites for hydroxylation is 1. The van der Waals surface area contributed by atoms with E-state index in [4.69, 9.17) is 0 Å². The second kappa shape index (κ2) is 3.01. The van der Waals surface area contributed by atoms with Gasteiger partial charge >= 0.3 is 0 Å². The van der Waals surface area contributed by atoms with E-state index in [2.05, 4.69) is 28.1 Å². The summed E-state index contributed by atoms with van der Waals surface area (Å²) in [5.41, 5.74) is 1.22. The average molecular weight is 191 g/mol. The third-order valence-corrected chi connectivity index (χ3v) is 3.63. The molecule has 1 aromatic rings. The van der Waals surface area contributed by atoms with Crippen LogP contribution in [0, 0.1) is 5.92 Å². The zero-order valence-corrected chi connectivity index (χ0v) is 8.66. The van der Waals surface area contributed by atoms with Gasteiger partial charge in [0.15, 0.2) is 0 Å². The molecule has 0 aromatic carbocycles. The van der Waals surface area contributed by atoms with E-state index < -0.39 is 0 Å². The highest BCUT2D eigenvalue weighted by atomic mass is 15.4. The van der Waals surface area contributed by atoms with Gasteiger partial charge in [0.2, 0.25) is 0 Å². The molecule has 1 saturated carbocycles. The van der Waals surface area contributed by atoms with Crippen molar-refractivity contribution in [2.75, 3.05) is 11.9 Å². The molecule has 1 aromatic heterocycles. The van der Waals surface area contributed by atoms with Crippen LogP contribution < -0.4 is 5.32 Å². The van der Waals surface area contributed by atoms with Crippen molar-refractivity contribution in [3.05, 3.63) is 11.8 Å². The maximum Gasteiger partial charge on any atom is 0.124 e. The maximum atomic E-state index is 4.67. The summed E-state index contributed by atoms with van der Waals surface area (Å²) in [4.78, 5) is 0. The van der Waals surface area contributed by atoms with Crippen molar-refractivity contribution in [3.63, 3.8) is 0 Å². The minimum Gasteiger partial charge on any atom is -0.370 e. The Morgan fingerprint density at radius 1 is 1.57 bits per heavy atom. The molecule has 14 heavy (non-hydrogen) atoms. The van der Waals surface area contributed by atoms with Crippen molar-refractivity contribution in [1.82, 2.24) is 9.78 Å². The number of hydrogen-bond acceptors (Lipinski definition) is 2. The van der Waals surface area contributed by atoms with Gasteiger partial charge in [-0.15, -0.1) is 0 Å². The van der Waals surface area contributed by atoms with Crippen LogP contribution >= 0.6 is 0 Å². The maximum absolute atomic E-state index is 4.67. The molecule has 2 unspecified atom stereocenters. The Bertz CT molecular complexity index is 342. The number of anilines is 1. The van der Waals surface area contributed by atoms with Gasteiger partial charge in [-0.05, 0) is 25.2 Å². The Balaban J connectivity index is 2.00. The molecule has 3 rings (SSSR count). The van der Waals surface area contributed by atoms with Crippen molar-refractivity contribution in [2.45, 2.75) is 38.6 Å². The van der Waals surface area contributed by atoms with Gasteiger partial charge in [0.05, 0.1) is 11.7 Å². The highest BCUT2D eigenvalue weighted by Crippen LogP contribution is 2.40. The Morgan fingerprint density at radius 3 is 3.36 bits per heavy atom. The summed E-state index contributed by atoms with van der Waals surface area (Å²) in [5.74, 6) is 2.07. The first-order valence-corrected chi connectivity index (χ1v) is 5.71. The second-order valence-electron chi connectivity index (χ2n) is 4.46. The smallest absolute Gasteiger partial charge is 0.124 e. The molecule has 1 N–H and O–H groups in total. The molecule has 0 bridgehead atoms. The van der Waals surface area contributed by atoms with Crippen LogP contribution in [0.2, 0.25) is 0 Å². The number of nitrogens with zero attached hydrogens (tertiary/aromatic N) is 2. The predicted molar refractivity (Wildman–Crippen MR) is 56.5 cm³/mol. The van der Waals surface area contributed by atoms with Gasteiger partial charge in [-0.2, -0.15) is 5.10 Å². The van der Waals surface area contributed by atoms with E-state index in [1.165, 1.54) is 30.8 Å². The molecular formula is C11H17N3. The van der Waals surface area contributed by atoms with Crippen molar-refractivity contribution in [2.24, 2.45) is 5.92 Å². The molecule has 0 amide bonds. The summed E-state index contributed by atoms with van der Waals surface area (Å²) in [5, 5.41) is 8.16. The van der Waals surface area contributed by atoms with Gasteiger partial charge < -0.3 is 5.32 Å². The van der Waals surface area contributed by atoms with E-state index in [0.29, 0.717) is 6.04 Å². The first-order valence-electron chi connectivity index (χ1n) is 5.71. The largest absolute Gasteiger partial charge is 0.370 e. The molecule has 0 spiro atoms. The number of nitrogens with one attached hydrogen (secondary N) is 1. The lowest BCUT2D eigenvalue weighted by Gasteiger charge is -2.28. The highest BCUT2D eigenvalue weighted by molar-refractivity contribution is 5.40. The van der Waals surface area contributed by atoms with Gasteiger partial charge in [0, 0.05) is 12.6 Å². The van der Waals surface area contributed by atoms with Gasteiger partial charge in [0.1, 0.15) is 5.82 Å². The summed E-state index contributed by atoms with van der Waals surface area (Å²) in [6.45, 7) is 3.32. The van der Waals surface area contributed by atoms with E-state index in [9.17, 15) is 0 Å². The lowest BCUT2D eigenvalue weighted by molar-refractivity contribution is 0.346. The summed E-state index contributed by atoms with van der Waals surface area (Å²) >= 11 is 0. The van der Waals surface area contributed by atoms with Crippen LogP contribution in [-0.2, 0) is 6.42 Å². The molecule has 1 aliphatic heterocycles. The van der Waals surface area contributed by atoms with Crippen LogP contribution in [0.15, 0.2) is 6.07 Å². The molecule has 1 fully saturated rings. The fourth-order valence-electron chi connectivity index (χ4n) is 2.82. The number of hydrogen-bond donors (Lipinski definition) is 1. The minimum absolute atomic E-state index is 0.687. The molecule has 1 aliphatic carbocycles. The van der Waals surface area contributed by atoms with E-state index in [1.54, 1.807) is 0 Å². The van der Waals surface area contributed by atoms with Gasteiger partial charge in [-0.3, -0.25) is 0 Å². The van der Waals surface area contributed by atoms with E-state index in [-0.39, 0.29) is 0 Å². The lowest BCUT2D eigenvalue weighted by atomic mass is 10.0. The first-order chi connectivity index (χ1) is 6.88. The van der Waals surface area contributed by atoms with Gasteiger partial charge in [0.25, 0.3) is 0 Å². The molecule has 0 radical (unpaired) electrons. The van der Waals surface area contributed by atoms with Crippen molar-refractivity contribution in [3.8, 4) is 0 Å². The van der Waals surface area contributed by atoms with Crippen molar-refractivity contribution >= 4 is 5.82 Å². The Morgan fingerprint density at radius 2 is 2.50 bits per heavy atom. The molecule has 3 heteroatoms. The van der Waals surface area contributed by atoms with E-state index in [1.807, 2.05) is 0 Å². The van der Waals surface area contributed by atoms with Crippen molar-refractivity contribution < 1.29 is 0 Å². The number of aromatic nitrogens is 2. The molecule has 2 heterocycles. The van der Waals surface area contributed by atoms with E-state index in [0.717, 1.165) is 18.9 Å². The standard InChI is InChI=1S/C11H17N3/c1-2-9-6-11-12-7-8-4-3-5-10(8)14(11)13-9/h6,8,10,12H,2-5,7H2,1H3. The van der Waals surface area contributed by atoms with Crippen LogP contribution in [0.1, 0.15) is 37.9 Å². The summed E-state index contributed by atoms with van der Waals surface area (Å²) < 4.78 is 2.24. The topological polar surface area (TPSA) is 29.9 Å². The van der Waals surface area contributed by atoms with Crippen LogP contribution in [0.25, 0.3) is 0 Å². The fraction of sp³-hybridized carbons (Fsp3) is 0.727. The normalized spacial score (nSPS) is 29.5. The van der Waals surface area contributed by atoms with Crippen LogP contribution in [0.3, 0.4) is 0 Å². The minimum atomic E-state index is 0.687. The summed E-state index contributed by atoms with van der Waals surface area (Å²) in [6.07, 6.45) is 5.11. The molecule has 2 aliphatic rings. The van der Waals surface area contributed by atoms with Gasteiger partial charge in [-0.1, -0.05) is 13.3 Å². The Labute approximate surface area is 84.5 Å². The van der Waals surface area contributed by atoms with Crippen molar-refractivity contribution in [1.29, 1.82) is 0 Å². The Kier molecular flexibility index (Phi) is 1.79. The fourth-order valence-corrected chi connectivity index (χ4v) is 2.82. The number of fused-ring (bicyclic) bond motifs is 3. The Hall–Kier alpha value is -0.990. The molecule has 0 saturated heterocycles. The summed E-state index contributed by atoms with van der Waals surface area (Å²) in [7, 11) is 0. The number of rotatable bonds is 1. The highest BCUT2D eigenvalue weighted by Gasteiger charge is 2.33. The zero-order valence-electron chi connectivity index (χ0n) is 8.66. The molecule has 76 valence electrons. The summed E-state index contributed by atoms with van der Waals surface area (Å²) in [6, 6.07) is 2.89. The third kappa shape index (κ3) is 1.08. The lowest BCUT2D eigenvalue weighted by Crippen LogP contribution is -2.29. The SMILES string of the molecule is CCc1cc2n(n1)C1CCCC1CN2. The zero-order chi connectivity index (χ0) is 9.54. The van der Waals surface area contributed by atoms with Gasteiger partial charge in [-0.25, -0.2) is 4.68 Å². The molecular weight excluding hydrogens is 174 g/mol. The van der Waals surface area contributed by atoms with Crippen LogP contribution in [0.4, 0.5) is 5.82 Å². The first kappa shape index (κ1) is 8.33. The quantitative estimate of drug-likeness (QED) is 0.737. The van der Waals surface area contributed by atoms with E-state index >= 15 is 0 Å². The van der Waals surface area contributed by atoms with Crippen LogP contribution in [0.5, 0.6) is 0 Å². The van der Waals surface area contributed by atoms with Crippen LogP contribution in [-0.4, -0.2) is 16.3 Å². The third-order valence-electron chi connectivity index (χ3n) is 3.63. The monoisotopic (exact) mass is 191 g/mol. The second-order valence-corrected chi connectivity index (χ2v) is 4.46. The predicted octanol–water partition coefficient (Wildman–Crippen LogP) is 2.21. The molecule has 3 nitrogen and oxygen atoms in total. The average Bonchev–Trinajstić information content (AvgIpc) is 2.82. The molecule has 2 atom stereocenters.